The topological polar surface area (TPSA) is 83.4 Å². The second-order valence-electron chi connectivity index (χ2n) is 7.17. The van der Waals surface area contributed by atoms with E-state index in [4.69, 9.17) is 0 Å². The molecular weight excluding hydrogens is 387 g/mol. The summed E-state index contributed by atoms with van der Waals surface area (Å²) in [7, 11) is 0. The number of nitrogens with zero attached hydrogens (tertiary/aromatic N) is 3. The molecular formula is C20H20F3N3O3. The third-order valence-electron chi connectivity index (χ3n) is 5.10. The van der Waals surface area contributed by atoms with Gasteiger partial charge >= 0.3 is 12.1 Å². The number of hydrogen-bond acceptors (Lipinski definition) is 4. The van der Waals surface area contributed by atoms with Gasteiger partial charge in [-0.2, -0.15) is 13.2 Å². The molecule has 29 heavy (non-hydrogen) atoms. The van der Waals surface area contributed by atoms with Crippen molar-refractivity contribution in [1.82, 2.24) is 14.9 Å². The summed E-state index contributed by atoms with van der Waals surface area (Å²) in [6, 6.07) is 6.66. The Morgan fingerprint density at radius 1 is 1.14 bits per heavy atom. The number of amides is 1. The molecule has 0 saturated carbocycles. The first kappa shape index (κ1) is 20.8. The summed E-state index contributed by atoms with van der Waals surface area (Å²) in [6.07, 6.45) is -1.71. The Labute approximate surface area is 165 Å². The molecule has 1 aliphatic rings. The SMILES string of the molecule is C[C@H]1CC[C@@H](C(=O)O)CN1C(=O)Cc1ccc(-c2ncc(C(F)(F)F)cn2)cc1. The maximum atomic E-state index is 12.6. The summed E-state index contributed by atoms with van der Waals surface area (Å²) in [4.78, 5) is 33.0. The zero-order valence-electron chi connectivity index (χ0n) is 15.7. The van der Waals surface area contributed by atoms with E-state index in [1.54, 1.807) is 29.2 Å². The van der Waals surface area contributed by atoms with Crippen LogP contribution < -0.4 is 0 Å². The number of likely N-dealkylation sites (tertiary alicyclic amines) is 1. The first-order valence-electron chi connectivity index (χ1n) is 9.16. The fraction of sp³-hybridized carbons (Fsp3) is 0.400. The average Bonchev–Trinajstić information content (AvgIpc) is 2.68. The summed E-state index contributed by atoms with van der Waals surface area (Å²) in [6.45, 7) is 2.10. The fourth-order valence-electron chi connectivity index (χ4n) is 3.33. The number of benzene rings is 1. The van der Waals surface area contributed by atoms with E-state index >= 15 is 0 Å². The molecule has 1 saturated heterocycles. The largest absolute Gasteiger partial charge is 0.481 e. The molecule has 0 radical (unpaired) electrons. The lowest BCUT2D eigenvalue weighted by molar-refractivity contribution is -0.147. The highest BCUT2D eigenvalue weighted by Crippen LogP contribution is 2.29. The van der Waals surface area contributed by atoms with E-state index in [1.807, 2.05) is 6.92 Å². The van der Waals surface area contributed by atoms with Crippen LogP contribution in [0.3, 0.4) is 0 Å². The molecule has 2 heterocycles. The molecule has 2 aromatic rings. The zero-order chi connectivity index (χ0) is 21.2. The molecule has 2 atom stereocenters. The maximum absolute atomic E-state index is 12.6. The first-order valence-corrected chi connectivity index (χ1v) is 9.16. The van der Waals surface area contributed by atoms with Crippen LogP contribution in [0.25, 0.3) is 11.4 Å². The number of aromatic nitrogens is 2. The lowest BCUT2D eigenvalue weighted by atomic mass is 9.93. The van der Waals surface area contributed by atoms with Crippen LogP contribution in [-0.4, -0.2) is 44.4 Å². The third-order valence-corrected chi connectivity index (χ3v) is 5.10. The Balaban J connectivity index is 1.67. The van der Waals surface area contributed by atoms with Crippen LogP contribution in [0.4, 0.5) is 13.2 Å². The summed E-state index contributed by atoms with van der Waals surface area (Å²) >= 11 is 0. The smallest absolute Gasteiger partial charge is 0.419 e. The van der Waals surface area contributed by atoms with Gasteiger partial charge in [0.25, 0.3) is 0 Å². The van der Waals surface area contributed by atoms with E-state index in [-0.39, 0.29) is 30.7 Å². The molecule has 0 spiro atoms. The van der Waals surface area contributed by atoms with Gasteiger partial charge in [-0.05, 0) is 25.3 Å². The lowest BCUT2D eigenvalue weighted by Crippen LogP contribution is -2.47. The molecule has 154 valence electrons. The average molecular weight is 407 g/mol. The van der Waals surface area contributed by atoms with Crippen molar-refractivity contribution >= 4 is 11.9 Å². The molecule has 1 aromatic carbocycles. The zero-order valence-corrected chi connectivity index (χ0v) is 15.7. The number of carboxylic acids is 1. The standard InChI is InChI=1S/C20H20F3N3O3/c1-12-2-5-15(19(28)29)11-26(12)17(27)8-13-3-6-14(7-4-13)18-24-9-16(10-25-18)20(21,22)23/h3-4,6-7,9-10,12,15H,2,5,8,11H2,1H3,(H,28,29)/t12-,15+/m0/s1. The minimum Gasteiger partial charge on any atom is -0.481 e. The molecule has 0 bridgehead atoms. The number of carbonyl (C=O) groups is 2. The molecule has 1 aromatic heterocycles. The van der Waals surface area contributed by atoms with Crippen molar-refractivity contribution in [3.63, 3.8) is 0 Å². The van der Waals surface area contributed by atoms with E-state index in [2.05, 4.69) is 9.97 Å². The van der Waals surface area contributed by atoms with Gasteiger partial charge in [0.1, 0.15) is 0 Å². The molecule has 3 rings (SSSR count). The Kier molecular flexibility index (Phi) is 5.86. The Bertz CT molecular complexity index is 883. The van der Waals surface area contributed by atoms with Gasteiger partial charge < -0.3 is 10.0 Å². The van der Waals surface area contributed by atoms with E-state index in [9.17, 15) is 27.9 Å². The van der Waals surface area contributed by atoms with Crippen molar-refractivity contribution in [2.75, 3.05) is 6.54 Å². The maximum Gasteiger partial charge on any atom is 0.419 e. The monoisotopic (exact) mass is 407 g/mol. The van der Waals surface area contributed by atoms with Crippen LogP contribution in [0.1, 0.15) is 30.9 Å². The second-order valence-corrected chi connectivity index (χ2v) is 7.17. The van der Waals surface area contributed by atoms with Crippen molar-refractivity contribution in [1.29, 1.82) is 0 Å². The molecule has 1 amide bonds. The van der Waals surface area contributed by atoms with Crippen molar-refractivity contribution in [2.45, 2.75) is 38.4 Å². The number of aliphatic carboxylic acids is 1. The van der Waals surface area contributed by atoms with Crippen LogP contribution in [0.15, 0.2) is 36.7 Å². The van der Waals surface area contributed by atoms with Crippen LogP contribution in [-0.2, 0) is 22.2 Å². The fourth-order valence-corrected chi connectivity index (χ4v) is 3.33. The highest BCUT2D eigenvalue weighted by Gasteiger charge is 2.33. The summed E-state index contributed by atoms with van der Waals surface area (Å²) < 4.78 is 37.8. The van der Waals surface area contributed by atoms with Gasteiger partial charge in [0.05, 0.1) is 17.9 Å². The van der Waals surface area contributed by atoms with Crippen molar-refractivity contribution in [3.05, 3.63) is 47.8 Å². The normalized spacial score (nSPS) is 19.8. The van der Waals surface area contributed by atoms with E-state index in [1.165, 1.54) is 0 Å². The number of hydrogen-bond donors (Lipinski definition) is 1. The van der Waals surface area contributed by atoms with E-state index < -0.39 is 23.6 Å². The third kappa shape index (κ3) is 4.90. The number of carboxylic acid groups (broad SMARTS) is 1. The van der Waals surface area contributed by atoms with Crippen LogP contribution in [0.2, 0.25) is 0 Å². The van der Waals surface area contributed by atoms with E-state index in [0.29, 0.717) is 18.4 Å². The second kappa shape index (κ2) is 8.18. The van der Waals surface area contributed by atoms with E-state index in [0.717, 1.165) is 18.0 Å². The molecule has 9 heteroatoms. The summed E-state index contributed by atoms with van der Waals surface area (Å²) in [5.41, 5.74) is 0.335. The van der Waals surface area contributed by atoms with Crippen LogP contribution in [0.5, 0.6) is 0 Å². The summed E-state index contributed by atoms with van der Waals surface area (Å²) in [5.74, 6) is -1.43. The highest BCUT2D eigenvalue weighted by atomic mass is 19.4. The molecule has 1 N–H and O–H groups in total. The van der Waals surface area contributed by atoms with Crippen LogP contribution >= 0.6 is 0 Å². The molecule has 6 nitrogen and oxygen atoms in total. The van der Waals surface area contributed by atoms with Crippen LogP contribution in [0, 0.1) is 5.92 Å². The van der Waals surface area contributed by atoms with Gasteiger partial charge in [0.2, 0.25) is 5.91 Å². The molecule has 0 unspecified atom stereocenters. The van der Waals surface area contributed by atoms with Gasteiger partial charge in [-0.1, -0.05) is 24.3 Å². The molecule has 1 fully saturated rings. The number of piperidine rings is 1. The van der Waals surface area contributed by atoms with Gasteiger partial charge in [-0.25, -0.2) is 9.97 Å². The van der Waals surface area contributed by atoms with Gasteiger partial charge in [-0.3, -0.25) is 9.59 Å². The van der Waals surface area contributed by atoms with Crippen molar-refractivity contribution in [3.8, 4) is 11.4 Å². The quantitative estimate of drug-likeness (QED) is 0.840. The first-order chi connectivity index (χ1) is 13.6. The Morgan fingerprint density at radius 3 is 2.31 bits per heavy atom. The minimum atomic E-state index is -4.49. The van der Waals surface area contributed by atoms with Gasteiger partial charge in [0.15, 0.2) is 5.82 Å². The Hall–Kier alpha value is -2.97. The van der Waals surface area contributed by atoms with Gasteiger partial charge in [0, 0.05) is 30.5 Å². The number of halogens is 3. The molecule has 1 aliphatic heterocycles. The number of carbonyl (C=O) groups excluding carboxylic acids is 1. The molecule has 0 aliphatic carbocycles. The minimum absolute atomic E-state index is 0.0158. The predicted molar refractivity (Wildman–Crippen MR) is 97.7 cm³/mol. The van der Waals surface area contributed by atoms with Crippen molar-refractivity contribution < 1.29 is 27.9 Å². The summed E-state index contributed by atoms with van der Waals surface area (Å²) in [5, 5.41) is 9.20. The van der Waals surface area contributed by atoms with Gasteiger partial charge in [-0.15, -0.1) is 0 Å². The predicted octanol–water partition coefficient (Wildman–Crippen LogP) is 3.42. The number of alkyl halides is 3. The van der Waals surface area contributed by atoms with Crippen molar-refractivity contribution in [2.24, 2.45) is 5.92 Å². The number of rotatable bonds is 4. The Morgan fingerprint density at radius 2 is 1.76 bits per heavy atom. The lowest BCUT2D eigenvalue weighted by Gasteiger charge is -2.36. The highest BCUT2D eigenvalue weighted by molar-refractivity contribution is 5.80.